The van der Waals surface area contributed by atoms with E-state index in [9.17, 15) is 14.7 Å². The molecule has 3 aromatic rings. The Morgan fingerprint density at radius 3 is 2.96 bits per heavy atom. The molecule has 136 valence electrons. The first-order valence-electron chi connectivity index (χ1n) is 8.11. The average Bonchev–Trinajstić information content (AvgIpc) is 3.37. The highest BCUT2D eigenvalue weighted by atomic mass is 16.5. The maximum Gasteiger partial charge on any atom is 0.373 e. The number of methoxy groups -OCH3 is 1. The highest BCUT2D eigenvalue weighted by Crippen LogP contribution is 2.32. The van der Waals surface area contributed by atoms with Gasteiger partial charge in [-0.25, -0.2) is 9.59 Å². The number of allylic oxidation sites excluding steroid dienone is 1. The molecule has 2 aromatic heterocycles. The number of H-pyrrole nitrogens is 1. The van der Waals surface area contributed by atoms with Gasteiger partial charge in [0, 0.05) is 17.4 Å². The number of carbonyl (C=O) groups excluding carboxylic acids is 1. The van der Waals surface area contributed by atoms with Gasteiger partial charge in [-0.2, -0.15) is 0 Å². The SMILES string of the molecule is COC(=O)c1ccc(Cn2c(O)c(C=C3C=Nc4ccccc43)[nH]c2=O)o1. The second kappa shape index (κ2) is 6.49. The lowest BCUT2D eigenvalue weighted by Gasteiger charge is -2.01. The summed E-state index contributed by atoms with van der Waals surface area (Å²) < 4.78 is 11.0. The number of fused-ring (bicyclic) bond motifs is 1. The number of nitrogens with one attached hydrogen (secondary N) is 1. The number of aliphatic imine (C=N–C) groups is 1. The smallest absolute Gasteiger partial charge is 0.373 e. The number of hydrogen-bond donors (Lipinski definition) is 2. The minimum absolute atomic E-state index is 0.0247. The van der Waals surface area contributed by atoms with Crippen LogP contribution in [0.4, 0.5) is 5.69 Å². The molecule has 0 spiro atoms. The largest absolute Gasteiger partial charge is 0.493 e. The van der Waals surface area contributed by atoms with E-state index in [2.05, 4.69) is 14.7 Å². The molecule has 2 N–H and O–H groups in total. The number of carbonyl (C=O) groups is 1. The molecule has 1 aliphatic rings. The molecule has 8 heteroatoms. The summed E-state index contributed by atoms with van der Waals surface area (Å²) in [5, 5.41) is 10.5. The fourth-order valence-electron chi connectivity index (χ4n) is 2.87. The Morgan fingerprint density at radius 1 is 1.33 bits per heavy atom. The number of benzene rings is 1. The quantitative estimate of drug-likeness (QED) is 0.691. The first-order valence-corrected chi connectivity index (χ1v) is 8.11. The maximum absolute atomic E-state index is 12.2. The van der Waals surface area contributed by atoms with Crippen LogP contribution in [0.25, 0.3) is 11.6 Å². The van der Waals surface area contributed by atoms with Crippen molar-refractivity contribution in [2.75, 3.05) is 7.11 Å². The van der Waals surface area contributed by atoms with Crippen LogP contribution < -0.4 is 5.69 Å². The van der Waals surface area contributed by atoms with Gasteiger partial charge in [-0.1, -0.05) is 18.2 Å². The first-order chi connectivity index (χ1) is 13.1. The van der Waals surface area contributed by atoms with E-state index in [4.69, 9.17) is 4.42 Å². The van der Waals surface area contributed by atoms with Crippen molar-refractivity contribution in [1.29, 1.82) is 0 Å². The third-order valence-electron chi connectivity index (χ3n) is 4.20. The molecule has 0 radical (unpaired) electrons. The van der Waals surface area contributed by atoms with Crippen molar-refractivity contribution in [3.63, 3.8) is 0 Å². The summed E-state index contributed by atoms with van der Waals surface area (Å²) in [6, 6.07) is 10.6. The van der Waals surface area contributed by atoms with Gasteiger partial charge < -0.3 is 19.2 Å². The molecule has 8 nitrogen and oxygen atoms in total. The number of para-hydroxylation sites is 1. The molecule has 4 rings (SSSR count). The summed E-state index contributed by atoms with van der Waals surface area (Å²) >= 11 is 0. The number of nitrogens with zero attached hydrogens (tertiary/aromatic N) is 2. The fraction of sp³-hybridized carbons (Fsp3) is 0.105. The van der Waals surface area contributed by atoms with Gasteiger partial charge in [-0.3, -0.25) is 9.56 Å². The predicted octanol–water partition coefficient (Wildman–Crippen LogP) is 2.57. The van der Waals surface area contributed by atoms with Gasteiger partial charge in [-0.05, 0) is 24.3 Å². The third-order valence-corrected chi connectivity index (χ3v) is 4.20. The molecule has 0 unspecified atom stereocenters. The van der Waals surface area contributed by atoms with Gasteiger partial charge in [0.1, 0.15) is 11.5 Å². The third kappa shape index (κ3) is 2.97. The Bertz CT molecular complexity index is 1150. The van der Waals surface area contributed by atoms with Crippen molar-refractivity contribution in [3.05, 3.63) is 69.7 Å². The van der Waals surface area contributed by atoms with Gasteiger partial charge in [0.2, 0.25) is 11.6 Å². The average molecular weight is 365 g/mol. The number of aromatic nitrogens is 2. The minimum Gasteiger partial charge on any atom is -0.493 e. The highest BCUT2D eigenvalue weighted by molar-refractivity contribution is 6.21. The van der Waals surface area contributed by atoms with Crippen LogP contribution in [0.2, 0.25) is 0 Å². The molecule has 0 atom stereocenters. The second-order valence-electron chi connectivity index (χ2n) is 5.89. The lowest BCUT2D eigenvalue weighted by Crippen LogP contribution is -2.16. The van der Waals surface area contributed by atoms with Crippen LogP contribution in [0.15, 0.2) is 50.6 Å². The summed E-state index contributed by atoms with van der Waals surface area (Å²) in [4.78, 5) is 30.6. The van der Waals surface area contributed by atoms with E-state index >= 15 is 0 Å². The lowest BCUT2D eigenvalue weighted by atomic mass is 10.1. The van der Waals surface area contributed by atoms with Crippen LogP contribution in [0.3, 0.4) is 0 Å². The van der Waals surface area contributed by atoms with Gasteiger partial charge in [-0.15, -0.1) is 0 Å². The zero-order valence-corrected chi connectivity index (χ0v) is 14.3. The number of rotatable bonds is 4. The summed E-state index contributed by atoms with van der Waals surface area (Å²) in [7, 11) is 1.25. The molecule has 0 amide bonds. The van der Waals surface area contributed by atoms with Crippen molar-refractivity contribution in [2.45, 2.75) is 6.54 Å². The summed E-state index contributed by atoms with van der Waals surface area (Å²) in [6.45, 7) is -0.0357. The van der Waals surface area contributed by atoms with Crippen molar-refractivity contribution in [2.24, 2.45) is 4.99 Å². The molecule has 0 saturated heterocycles. The highest BCUT2D eigenvalue weighted by Gasteiger charge is 2.18. The number of ether oxygens (including phenoxy) is 1. The number of aromatic hydroxyl groups is 1. The summed E-state index contributed by atoms with van der Waals surface area (Å²) in [6.07, 6.45) is 3.33. The Balaban J connectivity index is 1.64. The molecule has 0 bridgehead atoms. The molecule has 1 aromatic carbocycles. The van der Waals surface area contributed by atoms with Crippen LogP contribution >= 0.6 is 0 Å². The Kier molecular flexibility index (Phi) is 4.00. The van der Waals surface area contributed by atoms with Crippen molar-refractivity contribution in [1.82, 2.24) is 9.55 Å². The Labute approximate surface area is 153 Å². The van der Waals surface area contributed by atoms with Crippen LogP contribution in [0.5, 0.6) is 5.88 Å². The van der Waals surface area contributed by atoms with E-state index in [1.807, 2.05) is 24.3 Å². The van der Waals surface area contributed by atoms with Crippen LogP contribution in [-0.2, 0) is 11.3 Å². The first kappa shape index (κ1) is 16.6. The molecule has 0 aliphatic carbocycles. The number of aromatic amines is 1. The normalized spacial score (nSPS) is 13.9. The molecule has 27 heavy (non-hydrogen) atoms. The molecule has 0 saturated carbocycles. The van der Waals surface area contributed by atoms with Gasteiger partial charge in [0.05, 0.1) is 19.3 Å². The standard InChI is InChI=1S/C19H15N3O5/c1-26-18(24)16-7-6-12(27-16)10-22-17(23)15(21-19(22)25)8-11-9-20-14-5-3-2-4-13(11)14/h2-9,23H,10H2,1H3,(H,21,25). The molecular weight excluding hydrogens is 350 g/mol. The maximum atomic E-state index is 12.2. The number of imidazole rings is 1. The number of furan rings is 1. The van der Waals surface area contributed by atoms with Gasteiger partial charge >= 0.3 is 11.7 Å². The van der Waals surface area contributed by atoms with E-state index < -0.39 is 11.7 Å². The minimum atomic E-state index is -0.614. The molecule has 0 fully saturated rings. The fourth-order valence-corrected chi connectivity index (χ4v) is 2.87. The number of esters is 1. The summed E-state index contributed by atoms with van der Waals surface area (Å²) in [5.74, 6) is -0.492. The molecule has 1 aliphatic heterocycles. The Morgan fingerprint density at radius 2 is 2.15 bits per heavy atom. The number of hydrogen-bond acceptors (Lipinski definition) is 6. The van der Waals surface area contributed by atoms with E-state index in [1.165, 1.54) is 13.2 Å². The zero-order valence-electron chi connectivity index (χ0n) is 14.3. The van der Waals surface area contributed by atoms with Gasteiger partial charge in [0.25, 0.3) is 0 Å². The van der Waals surface area contributed by atoms with E-state index in [1.54, 1.807) is 18.4 Å². The van der Waals surface area contributed by atoms with Gasteiger partial charge in [0.15, 0.2) is 0 Å². The van der Waals surface area contributed by atoms with Crippen LogP contribution in [0, 0.1) is 0 Å². The van der Waals surface area contributed by atoms with E-state index in [0.717, 1.165) is 21.4 Å². The van der Waals surface area contributed by atoms with E-state index in [0.29, 0.717) is 5.76 Å². The zero-order chi connectivity index (χ0) is 19.0. The summed E-state index contributed by atoms with van der Waals surface area (Å²) in [5.41, 5.74) is 2.28. The predicted molar refractivity (Wildman–Crippen MR) is 98.3 cm³/mol. The molecule has 3 heterocycles. The second-order valence-corrected chi connectivity index (χ2v) is 5.89. The van der Waals surface area contributed by atoms with Crippen LogP contribution in [0.1, 0.15) is 27.6 Å². The van der Waals surface area contributed by atoms with E-state index in [-0.39, 0.29) is 23.9 Å². The Hall–Kier alpha value is -3.81. The van der Waals surface area contributed by atoms with Crippen LogP contribution in [-0.4, -0.2) is 34.0 Å². The monoisotopic (exact) mass is 365 g/mol. The topological polar surface area (TPSA) is 110 Å². The van der Waals surface area contributed by atoms with Crippen molar-refractivity contribution >= 4 is 29.5 Å². The van der Waals surface area contributed by atoms with Crippen molar-refractivity contribution < 1.29 is 19.1 Å². The molecular formula is C19H15N3O5. The van der Waals surface area contributed by atoms with Crippen molar-refractivity contribution in [3.8, 4) is 5.88 Å². The lowest BCUT2D eigenvalue weighted by molar-refractivity contribution is 0.0563.